The van der Waals surface area contributed by atoms with Gasteiger partial charge in [0.1, 0.15) is 5.69 Å². The van der Waals surface area contributed by atoms with Gasteiger partial charge in [-0.3, -0.25) is 10.1 Å². The Hall–Kier alpha value is -1.10. The third-order valence-corrected chi connectivity index (χ3v) is 4.00. The van der Waals surface area contributed by atoms with E-state index in [1.807, 2.05) is 13.0 Å². The van der Waals surface area contributed by atoms with Gasteiger partial charge in [0, 0.05) is 23.6 Å². The van der Waals surface area contributed by atoms with E-state index in [4.69, 9.17) is 0 Å². The minimum atomic E-state index is -0.288. The van der Waals surface area contributed by atoms with Crippen LogP contribution in [0.25, 0.3) is 0 Å². The van der Waals surface area contributed by atoms with Crippen LogP contribution in [0.5, 0.6) is 0 Å². The van der Waals surface area contributed by atoms with E-state index in [-0.39, 0.29) is 10.6 Å². The van der Waals surface area contributed by atoms with Crippen molar-refractivity contribution in [2.45, 2.75) is 26.2 Å². The van der Waals surface area contributed by atoms with Crippen molar-refractivity contribution < 1.29 is 4.92 Å². The van der Waals surface area contributed by atoms with E-state index in [2.05, 4.69) is 20.8 Å². The molecule has 2 rings (SSSR count). The van der Waals surface area contributed by atoms with Crippen molar-refractivity contribution in [2.75, 3.05) is 18.0 Å². The Morgan fingerprint density at radius 2 is 1.94 bits per heavy atom. The highest BCUT2D eigenvalue weighted by Crippen LogP contribution is 2.35. The molecule has 1 heterocycles. The number of hydrogen-bond acceptors (Lipinski definition) is 3. The van der Waals surface area contributed by atoms with Crippen LogP contribution in [0.4, 0.5) is 11.4 Å². The molecular weight excluding hydrogens is 284 g/mol. The molecule has 0 atom stereocenters. The molecule has 1 fully saturated rings. The van der Waals surface area contributed by atoms with E-state index >= 15 is 0 Å². The Balaban J connectivity index is 2.42. The highest BCUT2D eigenvalue weighted by molar-refractivity contribution is 9.10. The van der Waals surface area contributed by atoms with Crippen LogP contribution in [0.15, 0.2) is 16.6 Å². The zero-order valence-corrected chi connectivity index (χ0v) is 11.4. The molecule has 1 saturated heterocycles. The van der Waals surface area contributed by atoms with Gasteiger partial charge in [0.2, 0.25) is 0 Å². The third kappa shape index (κ3) is 2.60. The van der Waals surface area contributed by atoms with E-state index in [9.17, 15) is 10.1 Å². The molecule has 0 aromatic heterocycles. The maximum atomic E-state index is 11.1. The summed E-state index contributed by atoms with van der Waals surface area (Å²) in [5.74, 6) is 0. The quantitative estimate of drug-likeness (QED) is 0.618. The molecule has 0 saturated carbocycles. The van der Waals surface area contributed by atoms with Crippen LogP contribution in [-0.2, 0) is 0 Å². The molecule has 1 aromatic carbocycles. The average molecular weight is 299 g/mol. The third-order valence-electron chi connectivity index (χ3n) is 3.15. The fourth-order valence-electron chi connectivity index (χ4n) is 2.19. The van der Waals surface area contributed by atoms with Gasteiger partial charge in [0.15, 0.2) is 0 Å². The van der Waals surface area contributed by atoms with Gasteiger partial charge in [-0.15, -0.1) is 0 Å². The van der Waals surface area contributed by atoms with Crippen molar-refractivity contribution in [3.8, 4) is 0 Å². The molecule has 0 bridgehead atoms. The van der Waals surface area contributed by atoms with Gasteiger partial charge >= 0.3 is 0 Å². The van der Waals surface area contributed by atoms with Crippen LogP contribution in [0.2, 0.25) is 0 Å². The van der Waals surface area contributed by atoms with Gasteiger partial charge in [0.05, 0.1) is 4.92 Å². The molecule has 0 spiro atoms. The Morgan fingerprint density at radius 1 is 1.29 bits per heavy atom. The molecule has 5 heteroatoms. The lowest BCUT2D eigenvalue weighted by molar-refractivity contribution is -0.384. The second kappa shape index (κ2) is 5.04. The number of nitrogens with zero attached hydrogens (tertiary/aromatic N) is 2. The zero-order valence-electron chi connectivity index (χ0n) is 9.78. The van der Waals surface area contributed by atoms with Crippen LogP contribution in [0.1, 0.15) is 24.8 Å². The fraction of sp³-hybridized carbons (Fsp3) is 0.500. The van der Waals surface area contributed by atoms with E-state index in [0.29, 0.717) is 0 Å². The Kier molecular flexibility index (Phi) is 3.66. The highest BCUT2D eigenvalue weighted by atomic mass is 79.9. The predicted octanol–water partition coefficient (Wildman–Crippen LogP) is 3.66. The summed E-state index contributed by atoms with van der Waals surface area (Å²) in [5, 5.41) is 11.1. The summed E-state index contributed by atoms with van der Waals surface area (Å²) in [6.07, 6.45) is 3.45. The van der Waals surface area contributed by atoms with Crippen molar-refractivity contribution in [3.63, 3.8) is 0 Å². The van der Waals surface area contributed by atoms with Gasteiger partial charge < -0.3 is 4.90 Å². The lowest BCUT2D eigenvalue weighted by Crippen LogP contribution is -2.30. The zero-order chi connectivity index (χ0) is 12.4. The topological polar surface area (TPSA) is 46.4 Å². The summed E-state index contributed by atoms with van der Waals surface area (Å²) < 4.78 is 0.934. The first-order valence-electron chi connectivity index (χ1n) is 5.79. The van der Waals surface area contributed by atoms with Crippen LogP contribution in [-0.4, -0.2) is 18.0 Å². The minimum Gasteiger partial charge on any atom is -0.366 e. The lowest BCUT2D eigenvalue weighted by Gasteiger charge is -2.28. The minimum absolute atomic E-state index is 0.215. The fourth-order valence-corrected chi connectivity index (χ4v) is 2.52. The van der Waals surface area contributed by atoms with Crippen molar-refractivity contribution in [2.24, 2.45) is 0 Å². The Labute approximate surface area is 109 Å². The second-order valence-electron chi connectivity index (χ2n) is 4.39. The van der Waals surface area contributed by atoms with Gasteiger partial charge in [-0.05, 0) is 37.8 Å². The number of rotatable bonds is 2. The van der Waals surface area contributed by atoms with Crippen molar-refractivity contribution in [3.05, 3.63) is 32.3 Å². The van der Waals surface area contributed by atoms with E-state index in [1.54, 1.807) is 6.07 Å². The first-order chi connectivity index (χ1) is 8.09. The molecule has 1 aromatic rings. The summed E-state index contributed by atoms with van der Waals surface area (Å²) in [7, 11) is 0. The summed E-state index contributed by atoms with van der Waals surface area (Å²) in [6.45, 7) is 3.70. The average Bonchev–Trinajstić information content (AvgIpc) is 2.33. The van der Waals surface area contributed by atoms with Gasteiger partial charge in [-0.2, -0.15) is 0 Å². The predicted molar refractivity (Wildman–Crippen MR) is 71.6 cm³/mol. The Morgan fingerprint density at radius 3 is 2.53 bits per heavy atom. The standard InChI is InChI=1S/C12H15BrN2O2/c1-9-7-12(15(16)17)11(8-10(9)13)14-5-3-2-4-6-14/h7-8H,2-6H2,1H3. The molecule has 92 valence electrons. The van der Waals surface area contributed by atoms with Crippen LogP contribution >= 0.6 is 15.9 Å². The Bertz CT molecular complexity index is 442. The highest BCUT2D eigenvalue weighted by Gasteiger charge is 2.22. The van der Waals surface area contributed by atoms with E-state index in [0.717, 1.165) is 41.7 Å². The smallest absolute Gasteiger partial charge is 0.292 e. The summed E-state index contributed by atoms with van der Waals surface area (Å²) in [5.41, 5.74) is 1.86. The van der Waals surface area contributed by atoms with Crippen molar-refractivity contribution >= 4 is 27.3 Å². The van der Waals surface area contributed by atoms with Crippen molar-refractivity contribution in [1.29, 1.82) is 0 Å². The molecule has 17 heavy (non-hydrogen) atoms. The van der Waals surface area contributed by atoms with Crippen LogP contribution < -0.4 is 4.90 Å². The number of piperidine rings is 1. The number of benzene rings is 1. The van der Waals surface area contributed by atoms with E-state index < -0.39 is 0 Å². The number of hydrogen-bond donors (Lipinski definition) is 0. The molecule has 0 N–H and O–H groups in total. The van der Waals surface area contributed by atoms with Gasteiger partial charge in [-0.25, -0.2) is 0 Å². The number of aryl methyl sites for hydroxylation is 1. The lowest BCUT2D eigenvalue weighted by atomic mass is 10.1. The van der Waals surface area contributed by atoms with Gasteiger partial charge in [-0.1, -0.05) is 15.9 Å². The second-order valence-corrected chi connectivity index (χ2v) is 5.25. The SMILES string of the molecule is Cc1cc([N+](=O)[O-])c(N2CCCCC2)cc1Br. The number of anilines is 1. The molecular formula is C12H15BrN2O2. The summed E-state index contributed by atoms with van der Waals surface area (Å²) >= 11 is 3.45. The van der Waals surface area contributed by atoms with Gasteiger partial charge in [0.25, 0.3) is 5.69 Å². The molecule has 0 unspecified atom stereocenters. The first-order valence-corrected chi connectivity index (χ1v) is 6.58. The molecule has 4 nitrogen and oxygen atoms in total. The summed E-state index contributed by atoms with van der Waals surface area (Å²) in [4.78, 5) is 12.9. The summed E-state index contributed by atoms with van der Waals surface area (Å²) in [6, 6.07) is 3.52. The molecule has 0 amide bonds. The number of nitro benzene ring substituents is 1. The van der Waals surface area contributed by atoms with Crippen LogP contribution in [0, 0.1) is 17.0 Å². The first kappa shape index (κ1) is 12.4. The normalized spacial score (nSPS) is 16.0. The monoisotopic (exact) mass is 298 g/mol. The van der Waals surface area contributed by atoms with Crippen LogP contribution in [0.3, 0.4) is 0 Å². The molecule has 0 aliphatic carbocycles. The largest absolute Gasteiger partial charge is 0.366 e. The van der Waals surface area contributed by atoms with Crippen molar-refractivity contribution in [1.82, 2.24) is 0 Å². The molecule has 1 aliphatic rings. The van der Waals surface area contributed by atoms with E-state index in [1.165, 1.54) is 6.42 Å². The number of nitro groups is 1. The maximum absolute atomic E-state index is 11.1. The molecule has 0 radical (unpaired) electrons. The molecule has 1 aliphatic heterocycles. The number of halogens is 1. The maximum Gasteiger partial charge on any atom is 0.292 e.